The first-order valence-corrected chi connectivity index (χ1v) is 8.73. The van der Waals surface area contributed by atoms with Gasteiger partial charge >= 0.3 is 0 Å². The molecule has 1 aromatic rings. The van der Waals surface area contributed by atoms with Gasteiger partial charge in [0.15, 0.2) is 0 Å². The monoisotopic (exact) mass is 302 g/mol. The molecule has 2 heterocycles. The highest BCUT2D eigenvalue weighted by molar-refractivity contribution is 5.27. The van der Waals surface area contributed by atoms with Crippen LogP contribution in [0.25, 0.3) is 0 Å². The van der Waals surface area contributed by atoms with Gasteiger partial charge in [0, 0.05) is 13.1 Å². The Kier molecular flexibility index (Phi) is 5.04. The van der Waals surface area contributed by atoms with E-state index in [1.54, 1.807) is 7.11 Å². The molecule has 2 aliphatic rings. The van der Waals surface area contributed by atoms with Crippen molar-refractivity contribution in [1.82, 2.24) is 10.2 Å². The predicted molar refractivity (Wildman–Crippen MR) is 91.5 cm³/mol. The fourth-order valence-corrected chi connectivity index (χ4v) is 3.99. The summed E-state index contributed by atoms with van der Waals surface area (Å²) in [5, 5.41) is 3.52. The minimum absolute atomic E-state index is 0.503. The van der Waals surface area contributed by atoms with Crippen LogP contribution in [0, 0.1) is 11.3 Å². The minimum atomic E-state index is 0.503. The first-order chi connectivity index (χ1) is 10.7. The van der Waals surface area contributed by atoms with E-state index in [1.165, 1.54) is 64.0 Å². The van der Waals surface area contributed by atoms with Crippen LogP contribution in [0.2, 0.25) is 0 Å². The van der Waals surface area contributed by atoms with Crippen LogP contribution >= 0.6 is 0 Å². The standard InChI is InChI=1S/C19H30N2O/c1-19(9-10-20-14-19)15-21-11-7-17(8-12-21)13-16-3-5-18(22-2)6-4-16/h3-6,17,20H,7-15H2,1-2H3. The van der Waals surface area contributed by atoms with Crippen LogP contribution in [0.15, 0.2) is 24.3 Å². The van der Waals surface area contributed by atoms with Gasteiger partial charge in [0.1, 0.15) is 5.75 Å². The van der Waals surface area contributed by atoms with Gasteiger partial charge in [-0.25, -0.2) is 0 Å². The number of likely N-dealkylation sites (tertiary alicyclic amines) is 1. The van der Waals surface area contributed by atoms with Crippen LogP contribution in [0.5, 0.6) is 5.75 Å². The number of benzene rings is 1. The van der Waals surface area contributed by atoms with E-state index < -0.39 is 0 Å². The number of hydrogen-bond donors (Lipinski definition) is 1. The van der Waals surface area contributed by atoms with Gasteiger partial charge in [-0.2, -0.15) is 0 Å². The van der Waals surface area contributed by atoms with Crippen molar-refractivity contribution in [3.63, 3.8) is 0 Å². The van der Waals surface area contributed by atoms with Gasteiger partial charge < -0.3 is 15.0 Å². The lowest BCUT2D eigenvalue weighted by molar-refractivity contribution is 0.128. The third-order valence-electron chi connectivity index (χ3n) is 5.45. The highest BCUT2D eigenvalue weighted by Gasteiger charge is 2.32. The molecule has 2 saturated heterocycles. The lowest BCUT2D eigenvalue weighted by atomic mass is 9.86. The van der Waals surface area contributed by atoms with E-state index >= 15 is 0 Å². The largest absolute Gasteiger partial charge is 0.497 e. The van der Waals surface area contributed by atoms with Crippen molar-refractivity contribution in [2.75, 3.05) is 39.8 Å². The first kappa shape index (κ1) is 15.8. The molecule has 2 aliphatic heterocycles. The van der Waals surface area contributed by atoms with Crippen LogP contribution < -0.4 is 10.1 Å². The van der Waals surface area contributed by atoms with Crippen molar-refractivity contribution in [1.29, 1.82) is 0 Å². The summed E-state index contributed by atoms with van der Waals surface area (Å²) in [5.74, 6) is 1.80. The van der Waals surface area contributed by atoms with Crippen LogP contribution in [0.1, 0.15) is 31.7 Å². The average molecular weight is 302 g/mol. The second-order valence-corrected chi connectivity index (χ2v) is 7.51. The third-order valence-corrected chi connectivity index (χ3v) is 5.45. The van der Waals surface area contributed by atoms with Crippen molar-refractivity contribution >= 4 is 0 Å². The number of hydrogen-bond acceptors (Lipinski definition) is 3. The van der Waals surface area contributed by atoms with Gasteiger partial charge in [0.05, 0.1) is 7.11 Å². The molecule has 3 heteroatoms. The Hall–Kier alpha value is -1.06. The summed E-state index contributed by atoms with van der Waals surface area (Å²) < 4.78 is 5.23. The number of piperidine rings is 1. The highest BCUT2D eigenvalue weighted by atomic mass is 16.5. The second-order valence-electron chi connectivity index (χ2n) is 7.51. The van der Waals surface area contributed by atoms with Gasteiger partial charge in [0.25, 0.3) is 0 Å². The zero-order valence-electron chi connectivity index (χ0n) is 14.1. The van der Waals surface area contributed by atoms with Crippen LogP contribution in [0.3, 0.4) is 0 Å². The zero-order valence-corrected chi connectivity index (χ0v) is 14.1. The van der Waals surface area contributed by atoms with Gasteiger partial charge in [-0.1, -0.05) is 19.1 Å². The molecule has 0 amide bonds. The minimum Gasteiger partial charge on any atom is -0.497 e. The smallest absolute Gasteiger partial charge is 0.118 e. The maximum atomic E-state index is 5.23. The molecule has 1 unspecified atom stereocenters. The van der Waals surface area contributed by atoms with E-state index in [4.69, 9.17) is 4.74 Å². The average Bonchev–Trinajstić information content (AvgIpc) is 2.96. The Balaban J connectivity index is 1.45. The van der Waals surface area contributed by atoms with E-state index in [1.807, 2.05) is 0 Å². The van der Waals surface area contributed by atoms with Crippen LogP contribution in [-0.4, -0.2) is 44.7 Å². The van der Waals surface area contributed by atoms with Crippen molar-refractivity contribution in [2.45, 2.75) is 32.6 Å². The molecule has 1 aromatic carbocycles. The molecule has 0 saturated carbocycles. The van der Waals surface area contributed by atoms with Crippen molar-refractivity contribution < 1.29 is 4.74 Å². The molecular formula is C19H30N2O. The molecule has 0 spiro atoms. The maximum absolute atomic E-state index is 5.23. The fraction of sp³-hybridized carbons (Fsp3) is 0.684. The molecule has 0 radical (unpaired) electrons. The molecular weight excluding hydrogens is 272 g/mol. The Morgan fingerprint density at radius 1 is 1.23 bits per heavy atom. The van der Waals surface area contributed by atoms with E-state index in [9.17, 15) is 0 Å². The van der Waals surface area contributed by atoms with E-state index in [2.05, 4.69) is 41.4 Å². The Morgan fingerprint density at radius 3 is 2.55 bits per heavy atom. The highest BCUT2D eigenvalue weighted by Crippen LogP contribution is 2.29. The Morgan fingerprint density at radius 2 is 1.95 bits per heavy atom. The SMILES string of the molecule is COc1ccc(CC2CCN(CC3(C)CCNC3)CC2)cc1. The zero-order chi connectivity index (χ0) is 15.4. The summed E-state index contributed by atoms with van der Waals surface area (Å²) in [4.78, 5) is 2.69. The molecule has 122 valence electrons. The number of rotatable bonds is 5. The molecule has 0 aliphatic carbocycles. The van der Waals surface area contributed by atoms with Crippen molar-refractivity contribution in [3.05, 3.63) is 29.8 Å². The number of methoxy groups -OCH3 is 1. The number of ether oxygens (including phenoxy) is 1. The predicted octanol–water partition coefficient (Wildman–Crippen LogP) is 2.95. The summed E-state index contributed by atoms with van der Waals surface area (Å²) in [5.41, 5.74) is 1.95. The molecule has 0 aromatic heterocycles. The molecule has 1 atom stereocenters. The van der Waals surface area contributed by atoms with E-state index in [0.717, 1.165) is 11.7 Å². The fourth-order valence-electron chi connectivity index (χ4n) is 3.99. The Labute approximate surface area is 135 Å². The van der Waals surface area contributed by atoms with E-state index in [-0.39, 0.29) is 0 Å². The molecule has 22 heavy (non-hydrogen) atoms. The lowest BCUT2D eigenvalue weighted by Crippen LogP contribution is -2.42. The van der Waals surface area contributed by atoms with Gasteiger partial charge in [-0.15, -0.1) is 0 Å². The van der Waals surface area contributed by atoms with Crippen molar-refractivity contribution in [3.8, 4) is 5.75 Å². The second kappa shape index (κ2) is 7.01. The van der Waals surface area contributed by atoms with Gasteiger partial charge in [0.2, 0.25) is 0 Å². The molecule has 3 nitrogen and oxygen atoms in total. The molecule has 1 N–H and O–H groups in total. The Bertz CT molecular complexity index is 457. The lowest BCUT2D eigenvalue weighted by Gasteiger charge is -2.37. The molecule has 2 fully saturated rings. The topological polar surface area (TPSA) is 24.5 Å². The van der Waals surface area contributed by atoms with Crippen LogP contribution in [-0.2, 0) is 6.42 Å². The quantitative estimate of drug-likeness (QED) is 0.905. The van der Waals surface area contributed by atoms with Crippen molar-refractivity contribution in [2.24, 2.45) is 11.3 Å². The maximum Gasteiger partial charge on any atom is 0.118 e. The van der Waals surface area contributed by atoms with Gasteiger partial charge in [-0.3, -0.25) is 0 Å². The van der Waals surface area contributed by atoms with Gasteiger partial charge in [-0.05, 0) is 74.3 Å². The number of nitrogens with zero attached hydrogens (tertiary/aromatic N) is 1. The van der Waals surface area contributed by atoms with Crippen LogP contribution in [0.4, 0.5) is 0 Å². The molecule has 3 rings (SSSR count). The summed E-state index contributed by atoms with van der Waals surface area (Å²) in [6, 6.07) is 8.60. The van der Waals surface area contributed by atoms with E-state index in [0.29, 0.717) is 5.41 Å². The summed E-state index contributed by atoms with van der Waals surface area (Å²) >= 11 is 0. The normalized spacial score (nSPS) is 27.2. The first-order valence-electron chi connectivity index (χ1n) is 8.73. The summed E-state index contributed by atoms with van der Waals surface area (Å²) in [6.07, 6.45) is 5.24. The third kappa shape index (κ3) is 4.02. The molecule has 0 bridgehead atoms. The summed E-state index contributed by atoms with van der Waals surface area (Å²) in [6.45, 7) is 8.65. The number of nitrogens with one attached hydrogen (secondary N) is 1. The summed E-state index contributed by atoms with van der Waals surface area (Å²) in [7, 11) is 1.73.